The molecular weight excluding hydrogens is 674 g/mol. The molecule has 3 aliphatic rings. The average Bonchev–Trinajstić information content (AvgIpc) is 3.53. The van der Waals surface area contributed by atoms with Gasteiger partial charge in [0.1, 0.15) is 18.0 Å². The highest BCUT2D eigenvalue weighted by Gasteiger charge is 2.54. The monoisotopic (exact) mass is 723 g/mol. The fraction of sp³-hybridized carbons (Fsp3) is 0.500. The maximum Gasteiger partial charge on any atom is 0.338 e. The summed E-state index contributed by atoms with van der Waals surface area (Å²) in [6.07, 6.45) is 0.920. The number of nitrogens with zero attached hydrogens (tertiary/aromatic N) is 1. The van der Waals surface area contributed by atoms with Gasteiger partial charge >= 0.3 is 17.9 Å². The van der Waals surface area contributed by atoms with Crippen LogP contribution in [-0.4, -0.2) is 101 Å². The predicted molar refractivity (Wildman–Crippen MR) is 191 cm³/mol. The first-order valence-corrected chi connectivity index (χ1v) is 17.1. The number of fused-ring (bicyclic) bond motifs is 6. The molecule has 0 amide bonds. The number of nitrogens with one attached hydrogen (secondary N) is 1. The number of aromatic nitrogens is 1. The molecule has 52 heavy (non-hydrogen) atoms. The third-order valence-electron chi connectivity index (χ3n) is 10.7. The van der Waals surface area contributed by atoms with E-state index in [1.54, 1.807) is 33.3 Å². The minimum atomic E-state index is -0.954. The molecule has 1 saturated carbocycles. The quantitative estimate of drug-likeness (QED) is 0.208. The van der Waals surface area contributed by atoms with Crippen molar-refractivity contribution in [1.82, 2.24) is 9.88 Å². The molecule has 1 aliphatic carbocycles. The van der Waals surface area contributed by atoms with Gasteiger partial charge in [0.25, 0.3) is 0 Å². The van der Waals surface area contributed by atoms with Gasteiger partial charge in [0, 0.05) is 48.6 Å². The van der Waals surface area contributed by atoms with Crippen LogP contribution >= 0.6 is 0 Å². The lowest BCUT2D eigenvalue weighted by atomic mass is 9.63. The Hall–Kier alpha value is -4.95. The summed E-state index contributed by atoms with van der Waals surface area (Å²) in [6.45, 7) is 4.71. The van der Waals surface area contributed by atoms with Crippen LogP contribution in [0.2, 0.25) is 0 Å². The standard InChI is InChI=1S/C33H40N2O9.C5H9NO2/c1-38-19-7-8-20-21-9-10-35-16-18-13-27(44-32(36)17-11-25(39-2)30(41-4)26(12-17)40-3)31(42-5)28(33(37)43-6)22(18)15-24(35)29(21)34-23(20)14-19;1-3(4(2)6)5(7)8/h7-8,11-12,14,18,22,24,27-28,31,34H,9-10,13,15-16H2,1-6H3;6H2,1-2H3,(H,7,8)/b;4-3+/t18-,22+,24-,27-,28+,31+;/m1./s1. The first-order valence-electron chi connectivity index (χ1n) is 17.1. The Kier molecular flexibility index (Phi) is 11.9. The molecule has 0 spiro atoms. The van der Waals surface area contributed by atoms with Crippen LogP contribution in [0.5, 0.6) is 23.0 Å². The van der Waals surface area contributed by atoms with E-state index in [1.807, 2.05) is 12.1 Å². The van der Waals surface area contributed by atoms with Gasteiger partial charge in [-0.3, -0.25) is 9.69 Å². The molecule has 0 radical (unpaired) electrons. The van der Waals surface area contributed by atoms with Crippen molar-refractivity contribution in [3.63, 3.8) is 0 Å². The van der Waals surface area contributed by atoms with Gasteiger partial charge in [-0.2, -0.15) is 0 Å². The molecule has 6 atom stereocenters. The molecule has 2 aliphatic heterocycles. The Bertz CT molecular complexity index is 1810. The molecule has 2 aromatic carbocycles. The lowest BCUT2D eigenvalue weighted by Gasteiger charge is -2.52. The van der Waals surface area contributed by atoms with Gasteiger partial charge in [0.2, 0.25) is 5.75 Å². The van der Waals surface area contributed by atoms with Gasteiger partial charge < -0.3 is 49.0 Å². The minimum Gasteiger partial charge on any atom is -0.497 e. The Morgan fingerprint density at radius 3 is 2.15 bits per heavy atom. The first-order chi connectivity index (χ1) is 24.9. The largest absolute Gasteiger partial charge is 0.497 e. The highest BCUT2D eigenvalue weighted by molar-refractivity contribution is 5.91. The number of esters is 2. The highest BCUT2D eigenvalue weighted by atomic mass is 16.6. The molecule has 1 saturated heterocycles. The van der Waals surface area contributed by atoms with Crippen LogP contribution in [0, 0.1) is 17.8 Å². The number of aliphatic carboxylic acids is 1. The SMILES string of the molecule is C/C(N)=C(/C)C(=O)O.COC(=O)[C@H]1[C@H]2C[C@@H]3c4[nH]c5cc(OC)ccc5c4CCN3C[C@H]2C[C@@H](OC(=O)c2cc(OC)c(OC)c(OC)c2)[C@@H]1OC. The molecular formula is C38H49N3O11. The summed E-state index contributed by atoms with van der Waals surface area (Å²) in [5.74, 6) is -0.513. The fourth-order valence-corrected chi connectivity index (χ4v) is 7.93. The fourth-order valence-electron chi connectivity index (χ4n) is 7.93. The lowest BCUT2D eigenvalue weighted by Crippen LogP contribution is -2.58. The maximum absolute atomic E-state index is 13.5. The molecule has 1 aromatic heterocycles. The number of carboxylic acid groups (broad SMARTS) is 1. The highest BCUT2D eigenvalue weighted by Crippen LogP contribution is 2.51. The minimum absolute atomic E-state index is 0.0170. The van der Waals surface area contributed by atoms with Crippen LogP contribution in [0.3, 0.4) is 0 Å². The van der Waals surface area contributed by atoms with Crippen molar-refractivity contribution in [2.24, 2.45) is 23.5 Å². The molecule has 14 nitrogen and oxygen atoms in total. The van der Waals surface area contributed by atoms with Crippen molar-refractivity contribution >= 4 is 28.8 Å². The number of carboxylic acids is 1. The number of ether oxygens (including phenoxy) is 7. The molecule has 2 fully saturated rings. The molecule has 0 unspecified atom stereocenters. The van der Waals surface area contributed by atoms with Crippen LogP contribution < -0.4 is 24.7 Å². The van der Waals surface area contributed by atoms with Crippen molar-refractivity contribution in [2.45, 2.75) is 51.4 Å². The second-order valence-electron chi connectivity index (χ2n) is 13.3. The normalized spacial score (nSPS) is 24.1. The summed E-state index contributed by atoms with van der Waals surface area (Å²) >= 11 is 0. The Balaban J connectivity index is 0.000000587. The number of nitrogens with two attached hydrogens (primary N) is 1. The smallest absolute Gasteiger partial charge is 0.338 e. The summed E-state index contributed by atoms with van der Waals surface area (Å²) < 4.78 is 39.1. The van der Waals surface area contributed by atoms with Crippen LogP contribution in [-0.2, 0) is 30.2 Å². The van der Waals surface area contributed by atoms with E-state index in [-0.39, 0.29) is 35.0 Å². The van der Waals surface area contributed by atoms with Crippen LogP contribution in [0.4, 0.5) is 0 Å². The number of hydrogen-bond acceptors (Lipinski definition) is 12. The number of allylic oxidation sites excluding steroid dienone is 1. The first kappa shape index (κ1) is 38.3. The summed E-state index contributed by atoms with van der Waals surface area (Å²) in [4.78, 5) is 43.1. The topological polar surface area (TPSA) is 181 Å². The van der Waals surface area contributed by atoms with Gasteiger partial charge in [0.05, 0.1) is 58.6 Å². The molecule has 0 bridgehead atoms. The zero-order chi connectivity index (χ0) is 37.9. The van der Waals surface area contributed by atoms with Crippen molar-refractivity contribution in [3.8, 4) is 23.0 Å². The zero-order valence-electron chi connectivity index (χ0n) is 30.9. The van der Waals surface area contributed by atoms with Crippen molar-refractivity contribution in [1.29, 1.82) is 0 Å². The Morgan fingerprint density at radius 2 is 1.62 bits per heavy atom. The number of benzene rings is 2. The molecule has 282 valence electrons. The van der Waals surface area contributed by atoms with Gasteiger partial charge in [-0.15, -0.1) is 0 Å². The van der Waals surface area contributed by atoms with Crippen molar-refractivity contribution in [2.75, 3.05) is 55.7 Å². The molecule has 14 heteroatoms. The number of rotatable bonds is 9. The van der Waals surface area contributed by atoms with E-state index in [1.165, 1.54) is 52.0 Å². The average molecular weight is 724 g/mol. The van der Waals surface area contributed by atoms with E-state index in [2.05, 4.69) is 16.0 Å². The van der Waals surface area contributed by atoms with E-state index in [0.717, 1.165) is 37.2 Å². The van der Waals surface area contributed by atoms with Crippen LogP contribution in [0.1, 0.15) is 54.3 Å². The van der Waals surface area contributed by atoms with E-state index < -0.39 is 30.1 Å². The second-order valence-corrected chi connectivity index (χ2v) is 13.3. The predicted octanol–water partition coefficient (Wildman–Crippen LogP) is 4.49. The Labute approximate surface area is 303 Å². The van der Waals surface area contributed by atoms with Gasteiger partial charge in [-0.1, -0.05) is 0 Å². The summed E-state index contributed by atoms with van der Waals surface area (Å²) in [7, 11) is 9.10. The number of piperidine rings is 1. The van der Waals surface area contributed by atoms with E-state index >= 15 is 0 Å². The van der Waals surface area contributed by atoms with Crippen molar-refractivity contribution < 1.29 is 52.6 Å². The summed E-state index contributed by atoms with van der Waals surface area (Å²) in [5, 5.41) is 9.43. The van der Waals surface area contributed by atoms with E-state index in [4.69, 9.17) is 44.0 Å². The Morgan fingerprint density at radius 1 is 0.923 bits per heavy atom. The van der Waals surface area contributed by atoms with Crippen molar-refractivity contribution in [3.05, 3.63) is 58.4 Å². The summed E-state index contributed by atoms with van der Waals surface area (Å²) in [5.41, 5.74) is 9.53. The number of hydrogen-bond donors (Lipinski definition) is 3. The van der Waals surface area contributed by atoms with Gasteiger partial charge in [0.15, 0.2) is 11.5 Å². The van der Waals surface area contributed by atoms with Crippen LogP contribution in [0.25, 0.3) is 10.9 Å². The molecule has 6 rings (SSSR count). The second kappa shape index (κ2) is 16.2. The third-order valence-corrected chi connectivity index (χ3v) is 10.7. The number of carbonyl (C=O) groups excluding carboxylic acids is 2. The van der Waals surface area contributed by atoms with E-state index in [0.29, 0.717) is 29.4 Å². The van der Waals surface area contributed by atoms with Gasteiger partial charge in [-0.25, -0.2) is 9.59 Å². The maximum atomic E-state index is 13.5. The molecule has 3 heterocycles. The van der Waals surface area contributed by atoms with Gasteiger partial charge in [-0.05, 0) is 74.8 Å². The lowest BCUT2D eigenvalue weighted by molar-refractivity contribution is -0.176. The number of aromatic amines is 1. The third kappa shape index (κ3) is 7.35. The zero-order valence-corrected chi connectivity index (χ0v) is 30.9. The molecule has 4 N–H and O–H groups in total. The molecule has 3 aromatic rings. The number of methoxy groups -OCH3 is 6. The van der Waals surface area contributed by atoms with E-state index in [9.17, 15) is 14.4 Å². The summed E-state index contributed by atoms with van der Waals surface area (Å²) in [6, 6.07) is 9.40. The van der Waals surface area contributed by atoms with Crippen LogP contribution in [0.15, 0.2) is 41.6 Å². The number of H-pyrrole nitrogens is 1. The number of carbonyl (C=O) groups is 3.